The van der Waals surface area contributed by atoms with Gasteiger partial charge in [0, 0.05) is 24.5 Å². The van der Waals surface area contributed by atoms with Crippen LogP contribution in [0.1, 0.15) is 43.1 Å². The zero-order valence-electron chi connectivity index (χ0n) is 11.0. The zero-order valence-corrected chi connectivity index (χ0v) is 11.0. The Morgan fingerprint density at radius 1 is 1.44 bits per heavy atom. The van der Waals surface area contributed by atoms with E-state index in [2.05, 4.69) is 43.6 Å². The molecule has 0 amide bonds. The van der Waals surface area contributed by atoms with Gasteiger partial charge in [-0.1, -0.05) is 13.8 Å². The van der Waals surface area contributed by atoms with Crippen LogP contribution in [0.25, 0.3) is 0 Å². The molecule has 16 heavy (non-hydrogen) atoms. The quantitative estimate of drug-likeness (QED) is 0.829. The van der Waals surface area contributed by atoms with Crippen molar-refractivity contribution in [2.45, 2.75) is 46.6 Å². The Balaban J connectivity index is 2.26. The molecule has 0 bridgehead atoms. The predicted octanol–water partition coefficient (Wildman–Crippen LogP) is 2.84. The van der Waals surface area contributed by atoms with Crippen LogP contribution >= 0.6 is 0 Å². The molecular weight excluding hydrogens is 196 g/mol. The van der Waals surface area contributed by atoms with Crippen LogP contribution < -0.4 is 5.32 Å². The van der Waals surface area contributed by atoms with Gasteiger partial charge in [-0.15, -0.1) is 0 Å². The van der Waals surface area contributed by atoms with Gasteiger partial charge in [-0.3, -0.25) is 0 Å². The van der Waals surface area contributed by atoms with E-state index in [0.29, 0.717) is 0 Å². The first-order valence-electron chi connectivity index (χ1n) is 6.47. The molecule has 1 aromatic rings. The van der Waals surface area contributed by atoms with Crippen LogP contribution in [-0.2, 0) is 6.54 Å². The molecule has 0 aromatic carbocycles. The first-order chi connectivity index (χ1) is 7.59. The largest absolute Gasteiger partial charge is 0.349 e. The van der Waals surface area contributed by atoms with Gasteiger partial charge in [0.25, 0.3) is 0 Å². The van der Waals surface area contributed by atoms with Crippen LogP contribution in [0.4, 0.5) is 0 Å². The van der Waals surface area contributed by atoms with Crippen LogP contribution in [0.2, 0.25) is 0 Å². The minimum absolute atomic E-state index is 0.722. The Hall–Kier alpha value is -0.760. The molecule has 1 saturated heterocycles. The highest BCUT2D eigenvalue weighted by Crippen LogP contribution is 2.28. The maximum atomic E-state index is 3.46. The summed E-state index contributed by atoms with van der Waals surface area (Å²) in [6, 6.07) is 2.40. The van der Waals surface area contributed by atoms with Gasteiger partial charge >= 0.3 is 0 Å². The number of aryl methyl sites for hydroxylation is 1. The highest BCUT2D eigenvalue weighted by Gasteiger charge is 2.21. The van der Waals surface area contributed by atoms with Crippen molar-refractivity contribution in [3.8, 4) is 0 Å². The van der Waals surface area contributed by atoms with E-state index in [4.69, 9.17) is 0 Å². The van der Waals surface area contributed by atoms with E-state index in [1.807, 2.05) is 0 Å². The van der Waals surface area contributed by atoms with E-state index < -0.39 is 0 Å². The molecule has 2 rings (SSSR count). The molecule has 0 saturated carbocycles. The fourth-order valence-corrected chi connectivity index (χ4v) is 2.81. The first kappa shape index (κ1) is 11.7. The van der Waals surface area contributed by atoms with Crippen molar-refractivity contribution in [1.29, 1.82) is 0 Å². The lowest BCUT2D eigenvalue weighted by Crippen LogP contribution is -2.10. The van der Waals surface area contributed by atoms with E-state index >= 15 is 0 Å². The van der Waals surface area contributed by atoms with Gasteiger partial charge in [-0.25, -0.2) is 0 Å². The molecule has 1 aliphatic heterocycles. The van der Waals surface area contributed by atoms with E-state index in [1.165, 1.54) is 24.4 Å². The third kappa shape index (κ3) is 2.17. The van der Waals surface area contributed by atoms with Crippen LogP contribution in [0.15, 0.2) is 6.07 Å². The minimum atomic E-state index is 0.722. The van der Waals surface area contributed by atoms with Crippen molar-refractivity contribution in [2.75, 3.05) is 13.1 Å². The normalized spacial score (nSPS) is 20.9. The van der Waals surface area contributed by atoms with Gasteiger partial charge in [-0.2, -0.15) is 0 Å². The third-order valence-corrected chi connectivity index (χ3v) is 3.66. The Bertz CT molecular complexity index is 357. The minimum Gasteiger partial charge on any atom is -0.349 e. The summed E-state index contributed by atoms with van der Waals surface area (Å²) in [5.41, 5.74) is 4.48. The van der Waals surface area contributed by atoms with Crippen molar-refractivity contribution in [2.24, 2.45) is 5.92 Å². The van der Waals surface area contributed by atoms with Crippen LogP contribution in [0, 0.1) is 19.8 Å². The second-order valence-corrected chi connectivity index (χ2v) is 5.52. The molecule has 2 heteroatoms. The Kier molecular flexibility index (Phi) is 3.38. The van der Waals surface area contributed by atoms with E-state index in [1.54, 1.807) is 5.56 Å². The highest BCUT2D eigenvalue weighted by molar-refractivity contribution is 5.31. The lowest BCUT2D eigenvalue weighted by atomic mass is 9.99. The lowest BCUT2D eigenvalue weighted by molar-refractivity contribution is 0.507. The SMILES string of the molecule is Cc1cc(C2CCNC2)c(C)n1CC(C)C. The maximum Gasteiger partial charge on any atom is 0.0247 e. The maximum absolute atomic E-state index is 3.46. The average molecular weight is 220 g/mol. The second-order valence-electron chi connectivity index (χ2n) is 5.52. The number of hydrogen-bond acceptors (Lipinski definition) is 1. The molecule has 1 aliphatic rings. The monoisotopic (exact) mass is 220 g/mol. The average Bonchev–Trinajstić information content (AvgIpc) is 2.80. The molecule has 0 radical (unpaired) electrons. The van der Waals surface area contributed by atoms with Crippen molar-refractivity contribution in [3.05, 3.63) is 23.0 Å². The van der Waals surface area contributed by atoms with Crippen LogP contribution in [0.3, 0.4) is 0 Å². The molecule has 1 fully saturated rings. The van der Waals surface area contributed by atoms with Crippen molar-refractivity contribution in [1.82, 2.24) is 9.88 Å². The topological polar surface area (TPSA) is 17.0 Å². The fourth-order valence-electron chi connectivity index (χ4n) is 2.81. The summed E-state index contributed by atoms with van der Waals surface area (Å²) >= 11 is 0. The molecule has 2 nitrogen and oxygen atoms in total. The zero-order chi connectivity index (χ0) is 11.7. The molecule has 1 N–H and O–H groups in total. The third-order valence-electron chi connectivity index (χ3n) is 3.66. The van der Waals surface area contributed by atoms with E-state index in [-0.39, 0.29) is 0 Å². The summed E-state index contributed by atoms with van der Waals surface area (Å²) in [4.78, 5) is 0. The van der Waals surface area contributed by atoms with Crippen LogP contribution in [-0.4, -0.2) is 17.7 Å². The van der Waals surface area contributed by atoms with Crippen molar-refractivity contribution >= 4 is 0 Å². The smallest absolute Gasteiger partial charge is 0.0247 e. The summed E-state index contributed by atoms with van der Waals surface area (Å²) < 4.78 is 2.48. The number of nitrogens with one attached hydrogen (secondary N) is 1. The molecule has 90 valence electrons. The predicted molar refractivity (Wildman–Crippen MR) is 69.0 cm³/mol. The molecule has 2 heterocycles. The summed E-state index contributed by atoms with van der Waals surface area (Å²) in [6.07, 6.45) is 1.30. The van der Waals surface area contributed by atoms with Gasteiger partial charge in [0.15, 0.2) is 0 Å². The molecule has 1 unspecified atom stereocenters. The number of nitrogens with zero attached hydrogens (tertiary/aromatic N) is 1. The van der Waals surface area contributed by atoms with E-state index in [0.717, 1.165) is 24.9 Å². The van der Waals surface area contributed by atoms with Gasteiger partial charge in [0.05, 0.1) is 0 Å². The molecule has 1 aromatic heterocycles. The summed E-state index contributed by atoms with van der Waals surface area (Å²) in [6.45, 7) is 12.6. The molecular formula is C14H24N2. The molecule has 0 spiro atoms. The van der Waals surface area contributed by atoms with Crippen LogP contribution in [0.5, 0.6) is 0 Å². The summed E-state index contributed by atoms with van der Waals surface area (Å²) in [5, 5.41) is 3.46. The lowest BCUT2D eigenvalue weighted by Gasteiger charge is -2.14. The second kappa shape index (κ2) is 4.62. The van der Waals surface area contributed by atoms with Gasteiger partial charge < -0.3 is 9.88 Å². The summed E-state index contributed by atoms with van der Waals surface area (Å²) in [5.74, 6) is 1.46. The first-order valence-corrected chi connectivity index (χ1v) is 6.47. The van der Waals surface area contributed by atoms with Gasteiger partial charge in [-0.05, 0) is 50.3 Å². The van der Waals surface area contributed by atoms with Crippen molar-refractivity contribution in [3.63, 3.8) is 0 Å². The standard InChI is InChI=1S/C14H24N2/c1-10(2)9-16-11(3)7-14(12(16)4)13-5-6-15-8-13/h7,10,13,15H,5-6,8-9H2,1-4H3. The molecule has 0 aliphatic carbocycles. The fraction of sp³-hybridized carbons (Fsp3) is 0.714. The van der Waals surface area contributed by atoms with E-state index in [9.17, 15) is 0 Å². The number of aromatic nitrogens is 1. The van der Waals surface area contributed by atoms with Gasteiger partial charge in [0.2, 0.25) is 0 Å². The van der Waals surface area contributed by atoms with Gasteiger partial charge in [0.1, 0.15) is 0 Å². The Labute approximate surface area is 99.0 Å². The summed E-state index contributed by atoms with van der Waals surface area (Å²) in [7, 11) is 0. The Morgan fingerprint density at radius 3 is 2.75 bits per heavy atom. The van der Waals surface area contributed by atoms with Crippen molar-refractivity contribution < 1.29 is 0 Å². The number of rotatable bonds is 3. The molecule has 1 atom stereocenters. The highest BCUT2D eigenvalue weighted by atomic mass is 15.0. The Morgan fingerprint density at radius 2 is 2.19 bits per heavy atom. The number of hydrogen-bond donors (Lipinski definition) is 1.